The van der Waals surface area contributed by atoms with Crippen LogP contribution in [0.25, 0.3) is 11.0 Å². The van der Waals surface area contributed by atoms with Crippen LogP contribution >= 0.6 is 0 Å². The van der Waals surface area contributed by atoms with Gasteiger partial charge in [0.2, 0.25) is 0 Å². The predicted molar refractivity (Wildman–Crippen MR) is 64.8 cm³/mol. The van der Waals surface area contributed by atoms with Crippen LogP contribution in [0.1, 0.15) is 16.2 Å². The first-order valence-corrected chi connectivity index (χ1v) is 5.24. The molecule has 0 radical (unpaired) electrons. The molecular weight excluding hydrogens is 216 g/mol. The monoisotopic (exact) mass is 228 g/mol. The van der Waals surface area contributed by atoms with Crippen LogP contribution in [0, 0.1) is 6.92 Å². The Morgan fingerprint density at radius 2 is 2.00 bits per heavy atom. The fourth-order valence-corrected chi connectivity index (χ4v) is 1.48. The van der Waals surface area contributed by atoms with Gasteiger partial charge in [-0.1, -0.05) is 24.8 Å². The molecule has 2 rings (SSSR count). The number of nitrogens with zero attached hydrogens (tertiary/aromatic N) is 2. The van der Waals surface area contributed by atoms with Gasteiger partial charge < -0.3 is 4.74 Å². The first kappa shape index (κ1) is 11.3. The summed E-state index contributed by atoms with van der Waals surface area (Å²) in [5.41, 5.74) is 2.28. The highest BCUT2D eigenvalue weighted by atomic mass is 16.5. The van der Waals surface area contributed by atoms with E-state index in [9.17, 15) is 4.79 Å². The van der Waals surface area contributed by atoms with Crippen molar-refractivity contribution in [1.82, 2.24) is 9.97 Å². The van der Waals surface area contributed by atoms with Crippen LogP contribution in [0.3, 0.4) is 0 Å². The number of rotatable bonds is 3. The molecule has 86 valence electrons. The van der Waals surface area contributed by atoms with Crippen molar-refractivity contribution < 1.29 is 9.53 Å². The molecule has 0 amide bonds. The Labute approximate surface area is 99.0 Å². The summed E-state index contributed by atoms with van der Waals surface area (Å²) in [6, 6.07) is 7.40. The van der Waals surface area contributed by atoms with E-state index in [2.05, 4.69) is 16.5 Å². The lowest BCUT2D eigenvalue weighted by molar-refractivity contribution is 0.0542. The normalized spacial score (nSPS) is 10.2. The molecule has 2 aromatic rings. The van der Waals surface area contributed by atoms with Gasteiger partial charge in [0.1, 0.15) is 6.61 Å². The number of esters is 1. The van der Waals surface area contributed by atoms with E-state index in [4.69, 9.17) is 4.74 Å². The van der Waals surface area contributed by atoms with Crippen molar-refractivity contribution in [1.29, 1.82) is 0 Å². The summed E-state index contributed by atoms with van der Waals surface area (Å²) in [6.45, 7) is 5.40. The van der Waals surface area contributed by atoms with E-state index < -0.39 is 5.97 Å². The molecular formula is C13H12N2O2. The third-order valence-electron chi connectivity index (χ3n) is 2.27. The molecule has 0 spiro atoms. The number of aryl methyl sites for hydroxylation is 1. The molecule has 17 heavy (non-hydrogen) atoms. The van der Waals surface area contributed by atoms with Crippen molar-refractivity contribution in [3.05, 3.63) is 48.3 Å². The molecule has 0 saturated heterocycles. The molecule has 0 atom stereocenters. The Morgan fingerprint density at radius 1 is 1.35 bits per heavy atom. The summed E-state index contributed by atoms with van der Waals surface area (Å²) in [4.78, 5) is 20.3. The Kier molecular flexibility index (Phi) is 3.14. The van der Waals surface area contributed by atoms with Crippen LogP contribution in [0.2, 0.25) is 0 Å². The van der Waals surface area contributed by atoms with Gasteiger partial charge in [0, 0.05) is 0 Å². The highest BCUT2D eigenvalue weighted by molar-refractivity contribution is 5.91. The van der Waals surface area contributed by atoms with E-state index in [1.807, 2.05) is 24.3 Å². The van der Waals surface area contributed by atoms with Crippen molar-refractivity contribution in [2.45, 2.75) is 6.92 Å². The SMILES string of the molecule is C=CCOC(=O)c1nc2ccccc2nc1C. The average Bonchev–Trinajstić information content (AvgIpc) is 2.35. The molecule has 0 bridgehead atoms. The number of hydrogen-bond acceptors (Lipinski definition) is 4. The molecule has 1 heterocycles. The lowest BCUT2D eigenvalue weighted by Gasteiger charge is -2.05. The number of fused-ring (bicyclic) bond motifs is 1. The number of para-hydroxylation sites is 2. The van der Waals surface area contributed by atoms with Gasteiger partial charge in [-0.25, -0.2) is 14.8 Å². The van der Waals surface area contributed by atoms with Gasteiger partial charge in [-0.2, -0.15) is 0 Å². The highest BCUT2D eigenvalue weighted by Crippen LogP contribution is 2.12. The van der Waals surface area contributed by atoms with E-state index in [0.717, 1.165) is 5.52 Å². The molecule has 0 aliphatic rings. The predicted octanol–water partition coefficient (Wildman–Crippen LogP) is 2.28. The van der Waals surface area contributed by atoms with Gasteiger partial charge in [0.05, 0.1) is 16.7 Å². The lowest BCUT2D eigenvalue weighted by atomic mass is 10.2. The molecule has 1 aromatic carbocycles. The zero-order valence-electron chi connectivity index (χ0n) is 9.51. The van der Waals surface area contributed by atoms with Crippen LogP contribution < -0.4 is 0 Å². The maximum atomic E-state index is 11.7. The lowest BCUT2D eigenvalue weighted by Crippen LogP contribution is -2.11. The van der Waals surface area contributed by atoms with Gasteiger partial charge in [-0.15, -0.1) is 0 Å². The van der Waals surface area contributed by atoms with Crippen LogP contribution in [0.15, 0.2) is 36.9 Å². The summed E-state index contributed by atoms with van der Waals surface area (Å²) in [6.07, 6.45) is 1.52. The molecule has 0 aliphatic carbocycles. The maximum Gasteiger partial charge on any atom is 0.359 e. The number of carbonyl (C=O) groups excluding carboxylic acids is 1. The first-order chi connectivity index (χ1) is 8.22. The fourth-order valence-electron chi connectivity index (χ4n) is 1.48. The standard InChI is InChI=1S/C13H12N2O2/c1-3-8-17-13(16)12-9(2)14-10-6-4-5-7-11(10)15-12/h3-7H,1,8H2,2H3. The first-order valence-electron chi connectivity index (χ1n) is 5.24. The van der Waals surface area contributed by atoms with E-state index in [1.165, 1.54) is 6.08 Å². The summed E-state index contributed by atoms with van der Waals surface area (Å²) in [5.74, 6) is -0.472. The molecule has 4 heteroatoms. The highest BCUT2D eigenvalue weighted by Gasteiger charge is 2.14. The van der Waals surface area contributed by atoms with Crippen LogP contribution in [0.4, 0.5) is 0 Å². The van der Waals surface area contributed by atoms with Crippen molar-refractivity contribution in [3.63, 3.8) is 0 Å². The fraction of sp³-hybridized carbons (Fsp3) is 0.154. The van der Waals surface area contributed by atoms with Crippen molar-refractivity contribution in [3.8, 4) is 0 Å². The van der Waals surface area contributed by atoms with Gasteiger partial charge in [-0.3, -0.25) is 0 Å². The summed E-state index contributed by atoms with van der Waals surface area (Å²) < 4.78 is 4.95. The van der Waals surface area contributed by atoms with Crippen molar-refractivity contribution in [2.75, 3.05) is 6.61 Å². The van der Waals surface area contributed by atoms with Crippen molar-refractivity contribution in [2.24, 2.45) is 0 Å². The second kappa shape index (κ2) is 4.74. The zero-order valence-corrected chi connectivity index (χ0v) is 9.51. The average molecular weight is 228 g/mol. The Morgan fingerprint density at radius 3 is 2.65 bits per heavy atom. The van der Waals surface area contributed by atoms with Crippen LogP contribution in [-0.4, -0.2) is 22.5 Å². The van der Waals surface area contributed by atoms with Gasteiger partial charge in [0.25, 0.3) is 0 Å². The Bertz CT molecular complexity index is 579. The van der Waals surface area contributed by atoms with E-state index >= 15 is 0 Å². The minimum absolute atomic E-state index is 0.173. The van der Waals surface area contributed by atoms with E-state index in [0.29, 0.717) is 11.2 Å². The largest absolute Gasteiger partial charge is 0.457 e. The molecule has 4 nitrogen and oxygen atoms in total. The van der Waals surface area contributed by atoms with Crippen molar-refractivity contribution >= 4 is 17.0 Å². The molecule has 0 saturated carbocycles. The third kappa shape index (κ3) is 2.30. The number of aromatic nitrogens is 2. The molecule has 0 N–H and O–H groups in total. The molecule has 0 fully saturated rings. The third-order valence-corrected chi connectivity index (χ3v) is 2.27. The number of hydrogen-bond donors (Lipinski definition) is 0. The van der Waals surface area contributed by atoms with Gasteiger partial charge in [0.15, 0.2) is 5.69 Å². The van der Waals surface area contributed by atoms with Crippen LogP contribution in [0.5, 0.6) is 0 Å². The smallest absolute Gasteiger partial charge is 0.359 e. The second-order valence-electron chi connectivity index (χ2n) is 3.53. The minimum Gasteiger partial charge on any atom is -0.457 e. The van der Waals surface area contributed by atoms with E-state index in [1.54, 1.807) is 6.92 Å². The summed E-state index contributed by atoms with van der Waals surface area (Å²) in [7, 11) is 0. The van der Waals surface area contributed by atoms with E-state index in [-0.39, 0.29) is 12.3 Å². The van der Waals surface area contributed by atoms with Gasteiger partial charge in [-0.05, 0) is 19.1 Å². The maximum absolute atomic E-state index is 11.7. The summed E-state index contributed by atoms with van der Waals surface area (Å²) >= 11 is 0. The Balaban J connectivity index is 2.43. The molecule has 1 aromatic heterocycles. The Hall–Kier alpha value is -2.23. The number of ether oxygens (including phenoxy) is 1. The van der Waals surface area contributed by atoms with Gasteiger partial charge >= 0.3 is 5.97 Å². The quantitative estimate of drug-likeness (QED) is 0.597. The molecule has 0 unspecified atom stereocenters. The molecule has 0 aliphatic heterocycles. The topological polar surface area (TPSA) is 52.1 Å². The summed E-state index contributed by atoms with van der Waals surface area (Å²) in [5, 5.41) is 0. The number of benzene rings is 1. The minimum atomic E-state index is -0.472. The zero-order chi connectivity index (χ0) is 12.3. The second-order valence-corrected chi connectivity index (χ2v) is 3.53. The number of carbonyl (C=O) groups is 1. The van der Waals surface area contributed by atoms with Crippen LogP contribution in [-0.2, 0) is 4.74 Å².